The van der Waals surface area contributed by atoms with Crippen LogP contribution < -0.4 is 5.32 Å². The number of hydrogen-bond donors (Lipinski definition) is 1. The van der Waals surface area contributed by atoms with Crippen LogP contribution in [0.2, 0.25) is 0 Å². The van der Waals surface area contributed by atoms with Crippen molar-refractivity contribution in [1.82, 2.24) is 5.32 Å². The topological polar surface area (TPSA) is 25.2 Å². The molecule has 1 aromatic rings. The molecule has 90 valence electrons. The van der Waals surface area contributed by atoms with Gasteiger partial charge in [0, 0.05) is 6.04 Å². The molecule has 1 aliphatic carbocycles. The Labute approximate surface area is 98.4 Å². The molecule has 1 atom stereocenters. The third kappa shape index (κ3) is 3.38. The average Bonchev–Trinajstić information content (AvgIpc) is 2.72. The second kappa shape index (κ2) is 6.09. The van der Waals surface area contributed by atoms with Gasteiger partial charge in [0.25, 0.3) is 0 Å². The minimum absolute atomic E-state index is 0.642. The lowest BCUT2D eigenvalue weighted by atomic mass is 9.80. The fourth-order valence-electron chi connectivity index (χ4n) is 2.41. The largest absolute Gasteiger partial charge is 0.472 e. The molecule has 1 fully saturated rings. The van der Waals surface area contributed by atoms with Crippen molar-refractivity contribution in [3.8, 4) is 0 Å². The molecule has 1 heterocycles. The minimum atomic E-state index is 0.642. The van der Waals surface area contributed by atoms with Crippen LogP contribution in [-0.2, 0) is 6.42 Å². The van der Waals surface area contributed by atoms with Crippen molar-refractivity contribution in [2.75, 3.05) is 6.54 Å². The first-order valence-corrected chi connectivity index (χ1v) is 6.63. The van der Waals surface area contributed by atoms with E-state index in [1.807, 2.05) is 6.26 Å². The molecule has 16 heavy (non-hydrogen) atoms. The lowest BCUT2D eigenvalue weighted by molar-refractivity contribution is 0.259. The molecule has 0 radical (unpaired) electrons. The summed E-state index contributed by atoms with van der Waals surface area (Å²) in [6.07, 6.45) is 11.6. The highest BCUT2D eigenvalue weighted by molar-refractivity contribution is 5.07. The van der Waals surface area contributed by atoms with Gasteiger partial charge in [0.15, 0.2) is 0 Å². The molecule has 0 spiro atoms. The monoisotopic (exact) mass is 221 g/mol. The second-order valence-corrected chi connectivity index (χ2v) is 5.02. The highest BCUT2D eigenvalue weighted by Crippen LogP contribution is 2.31. The smallest absolute Gasteiger partial charge is 0.0935 e. The zero-order valence-electron chi connectivity index (χ0n) is 10.2. The highest BCUT2D eigenvalue weighted by atomic mass is 16.3. The van der Waals surface area contributed by atoms with Gasteiger partial charge in [0.2, 0.25) is 0 Å². The van der Waals surface area contributed by atoms with Crippen LogP contribution in [0, 0.1) is 5.92 Å². The molecule has 1 aromatic heterocycles. The van der Waals surface area contributed by atoms with E-state index >= 15 is 0 Å². The van der Waals surface area contributed by atoms with Crippen LogP contribution in [0.4, 0.5) is 0 Å². The maximum Gasteiger partial charge on any atom is 0.0935 e. The van der Waals surface area contributed by atoms with Gasteiger partial charge in [0.05, 0.1) is 12.5 Å². The number of nitrogens with one attached hydrogen (secondary N) is 1. The Kier molecular flexibility index (Phi) is 4.46. The van der Waals surface area contributed by atoms with E-state index in [2.05, 4.69) is 18.3 Å². The molecule has 2 rings (SSSR count). The van der Waals surface area contributed by atoms with Crippen LogP contribution in [0.1, 0.15) is 44.6 Å². The van der Waals surface area contributed by atoms with Gasteiger partial charge in [-0.3, -0.25) is 0 Å². The molecule has 1 saturated carbocycles. The van der Waals surface area contributed by atoms with E-state index in [1.54, 1.807) is 6.26 Å². The number of furan rings is 1. The lowest BCUT2D eigenvalue weighted by Crippen LogP contribution is -2.35. The van der Waals surface area contributed by atoms with Crippen LogP contribution >= 0.6 is 0 Å². The molecule has 0 bridgehead atoms. The molecule has 0 aliphatic heterocycles. The first-order valence-electron chi connectivity index (χ1n) is 6.63. The summed E-state index contributed by atoms with van der Waals surface area (Å²) in [4.78, 5) is 0. The predicted molar refractivity (Wildman–Crippen MR) is 66.5 cm³/mol. The molecule has 2 nitrogen and oxygen atoms in total. The van der Waals surface area contributed by atoms with Crippen LogP contribution in [0.15, 0.2) is 23.0 Å². The van der Waals surface area contributed by atoms with Gasteiger partial charge in [-0.25, -0.2) is 0 Å². The fraction of sp³-hybridized carbons (Fsp3) is 0.714. The molecule has 0 aromatic carbocycles. The Morgan fingerprint density at radius 1 is 1.50 bits per heavy atom. The molecular weight excluding hydrogens is 198 g/mol. The van der Waals surface area contributed by atoms with E-state index < -0.39 is 0 Å². The van der Waals surface area contributed by atoms with E-state index in [0.29, 0.717) is 6.04 Å². The summed E-state index contributed by atoms with van der Waals surface area (Å²) in [5, 5.41) is 3.67. The average molecular weight is 221 g/mol. The van der Waals surface area contributed by atoms with Crippen molar-refractivity contribution < 1.29 is 4.42 Å². The third-order valence-corrected chi connectivity index (χ3v) is 3.59. The van der Waals surface area contributed by atoms with Crippen molar-refractivity contribution in [1.29, 1.82) is 0 Å². The van der Waals surface area contributed by atoms with Crippen LogP contribution in [-0.4, -0.2) is 12.6 Å². The summed E-state index contributed by atoms with van der Waals surface area (Å²) >= 11 is 0. The van der Waals surface area contributed by atoms with Gasteiger partial charge in [-0.1, -0.05) is 26.2 Å². The van der Waals surface area contributed by atoms with E-state index in [4.69, 9.17) is 4.42 Å². The van der Waals surface area contributed by atoms with Gasteiger partial charge >= 0.3 is 0 Å². The molecule has 0 amide bonds. The van der Waals surface area contributed by atoms with Gasteiger partial charge in [-0.2, -0.15) is 0 Å². The second-order valence-electron chi connectivity index (χ2n) is 5.02. The third-order valence-electron chi connectivity index (χ3n) is 3.59. The maximum absolute atomic E-state index is 5.14. The van der Waals surface area contributed by atoms with Crippen LogP contribution in [0.3, 0.4) is 0 Å². The van der Waals surface area contributed by atoms with Crippen molar-refractivity contribution in [2.45, 2.75) is 51.5 Å². The van der Waals surface area contributed by atoms with E-state index in [-0.39, 0.29) is 0 Å². The summed E-state index contributed by atoms with van der Waals surface area (Å²) in [5.41, 5.74) is 1.33. The van der Waals surface area contributed by atoms with E-state index in [1.165, 1.54) is 37.7 Å². The quantitative estimate of drug-likeness (QED) is 0.763. The zero-order chi connectivity index (χ0) is 11.2. The number of hydrogen-bond acceptors (Lipinski definition) is 2. The Balaban J connectivity index is 1.80. The van der Waals surface area contributed by atoms with Crippen molar-refractivity contribution in [2.24, 2.45) is 5.92 Å². The van der Waals surface area contributed by atoms with Crippen molar-refractivity contribution in [3.05, 3.63) is 24.2 Å². The van der Waals surface area contributed by atoms with Crippen molar-refractivity contribution >= 4 is 0 Å². The predicted octanol–water partition coefficient (Wildman–Crippen LogP) is 3.38. The maximum atomic E-state index is 5.14. The molecular formula is C14H23NO. The fourth-order valence-corrected chi connectivity index (χ4v) is 2.41. The summed E-state index contributed by atoms with van der Waals surface area (Å²) in [6.45, 7) is 3.36. The highest BCUT2D eigenvalue weighted by Gasteiger charge is 2.22. The molecule has 1 N–H and O–H groups in total. The molecule has 0 saturated heterocycles. The summed E-state index contributed by atoms with van der Waals surface area (Å²) in [6, 6.07) is 2.73. The summed E-state index contributed by atoms with van der Waals surface area (Å²) < 4.78 is 5.14. The van der Waals surface area contributed by atoms with E-state index in [9.17, 15) is 0 Å². The SMILES string of the molecule is CCCNC(Cc1ccoc1)CC1CCC1. The van der Waals surface area contributed by atoms with Crippen LogP contribution in [0.25, 0.3) is 0 Å². The standard InChI is InChI=1S/C14H23NO/c1-2-7-15-14(9-12-4-3-5-12)10-13-6-8-16-11-13/h6,8,11-12,14-15H,2-5,7,9-10H2,1H3. The van der Waals surface area contributed by atoms with Gasteiger partial charge in [-0.05, 0) is 43.4 Å². The summed E-state index contributed by atoms with van der Waals surface area (Å²) in [5.74, 6) is 0.973. The Morgan fingerprint density at radius 3 is 2.94 bits per heavy atom. The summed E-state index contributed by atoms with van der Waals surface area (Å²) in [7, 11) is 0. The molecule has 1 aliphatic rings. The first-order chi connectivity index (χ1) is 7.88. The normalized spacial score (nSPS) is 18.3. The Bertz CT molecular complexity index is 277. The molecule has 2 heteroatoms. The van der Waals surface area contributed by atoms with E-state index in [0.717, 1.165) is 18.9 Å². The van der Waals surface area contributed by atoms with Gasteiger partial charge in [-0.15, -0.1) is 0 Å². The Morgan fingerprint density at radius 2 is 2.38 bits per heavy atom. The van der Waals surface area contributed by atoms with Crippen molar-refractivity contribution in [3.63, 3.8) is 0 Å². The van der Waals surface area contributed by atoms with Gasteiger partial charge in [0.1, 0.15) is 0 Å². The minimum Gasteiger partial charge on any atom is -0.472 e. The number of rotatable bonds is 7. The first kappa shape index (κ1) is 11.7. The molecule has 1 unspecified atom stereocenters. The Hall–Kier alpha value is -0.760. The zero-order valence-corrected chi connectivity index (χ0v) is 10.2. The lowest BCUT2D eigenvalue weighted by Gasteiger charge is -2.30. The van der Waals surface area contributed by atoms with Crippen LogP contribution in [0.5, 0.6) is 0 Å². The van der Waals surface area contributed by atoms with Gasteiger partial charge < -0.3 is 9.73 Å².